The molecular formula is C14H17ClF2N2O2. The van der Waals surface area contributed by atoms with Crippen molar-refractivity contribution in [2.24, 2.45) is 0 Å². The van der Waals surface area contributed by atoms with Crippen LogP contribution in [0.25, 0.3) is 0 Å². The van der Waals surface area contributed by atoms with Crippen LogP contribution in [0.2, 0.25) is 0 Å². The van der Waals surface area contributed by atoms with E-state index in [-0.39, 0.29) is 12.4 Å². The molecule has 116 valence electrons. The summed E-state index contributed by atoms with van der Waals surface area (Å²) in [4.78, 5) is 11.9. The third kappa shape index (κ3) is 4.99. The zero-order valence-electron chi connectivity index (χ0n) is 11.3. The van der Waals surface area contributed by atoms with Crippen molar-refractivity contribution in [2.75, 3.05) is 18.5 Å². The van der Waals surface area contributed by atoms with E-state index in [1.165, 1.54) is 0 Å². The molecule has 4 nitrogen and oxygen atoms in total. The highest BCUT2D eigenvalue weighted by atomic mass is 35.5. The Labute approximate surface area is 128 Å². The Morgan fingerprint density at radius 3 is 2.95 bits per heavy atom. The molecule has 1 aromatic carbocycles. The molecule has 1 heterocycles. The van der Waals surface area contributed by atoms with Crippen molar-refractivity contribution in [3.8, 4) is 5.75 Å². The summed E-state index contributed by atoms with van der Waals surface area (Å²) in [7, 11) is 0. The molecule has 21 heavy (non-hydrogen) atoms. The van der Waals surface area contributed by atoms with Gasteiger partial charge in [0.05, 0.1) is 12.6 Å². The highest BCUT2D eigenvalue weighted by Crippen LogP contribution is 2.26. The van der Waals surface area contributed by atoms with Crippen LogP contribution in [0.15, 0.2) is 36.9 Å². The van der Waals surface area contributed by atoms with E-state index in [1.807, 2.05) is 0 Å². The van der Waals surface area contributed by atoms with Crippen LogP contribution in [0.5, 0.6) is 5.75 Å². The second kappa shape index (κ2) is 7.38. The quantitative estimate of drug-likeness (QED) is 0.821. The van der Waals surface area contributed by atoms with Gasteiger partial charge in [0.1, 0.15) is 12.4 Å². The van der Waals surface area contributed by atoms with Gasteiger partial charge in [-0.2, -0.15) is 0 Å². The molecule has 0 aliphatic carbocycles. The second-order valence-electron chi connectivity index (χ2n) is 4.61. The van der Waals surface area contributed by atoms with Crippen LogP contribution in [0.1, 0.15) is 6.42 Å². The number of alkyl halides is 2. The number of anilines is 1. The Kier molecular flexibility index (Phi) is 6.11. The monoisotopic (exact) mass is 318 g/mol. The first-order valence-electron chi connectivity index (χ1n) is 6.26. The number of amides is 1. The number of ether oxygens (including phenoxy) is 1. The number of carbonyl (C=O) groups excluding carboxylic acids is 1. The molecule has 0 saturated carbocycles. The van der Waals surface area contributed by atoms with Crippen LogP contribution in [-0.4, -0.2) is 31.0 Å². The molecule has 1 aromatic rings. The van der Waals surface area contributed by atoms with Crippen LogP contribution in [-0.2, 0) is 4.79 Å². The van der Waals surface area contributed by atoms with E-state index in [4.69, 9.17) is 4.74 Å². The molecular weight excluding hydrogens is 302 g/mol. The largest absolute Gasteiger partial charge is 0.489 e. The van der Waals surface area contributed by atoms with Gasteiger partial charge in [-0.15, -0.1) is 12.4 Å². The van der Waals surface area contributed by atoms with Gasteiger partial charge in [-0.1, -0.05) is 18.7 Å². The summed E-state index contributed by atoms with van der Waals surface area (Å²) in [6, 6.07) is 5.88. The lowest BCUT2D eigenvalue weighted by molar-refractivity contribution is -0.118. The number of halogens is 3. The third-order valence-electron chi connectivity index (χ3n) is 2.90. The molecule has 1 aliphatic heterocycles. The van der Waals surface area contributed by atoms with E-state index in [0.717, 1.165) is 0 Å². The number of carbonyl (C=O) groups is 1. The fourth-order valence-corrected chi connectivity index (χ4v) is 1.95. The molecule has 7 heteroatoms. The lowest BCUT2D eigenvalue weighted by atomic mass is 10.2. The molecule has 0 spiro atoms. The Hall–Kier alpha value is -1.66. The van der Waals surface area contributed by atoms with E-state index in [1.54, 1.807) is 30.3 Å². The number of hydrogen-bond donors (Lipinski definition) is 2. The first-order chi connectivity index (χ1) is 9.50. The lowest BCUT2D eigenvalue weighted by Crippen LogP contribution is -2.35. The topological polar surface area (TPSA) is 50.4 Å². The minimum Gasteiger partial charge on any atom is -0.489 e. The van der Waals surface area contributed by atoms with Gasteiger partial charge < -0.3 is 10.1 Å². The van der Waals surface area contributed by atoms with E-state index in [2.05, 4.69) is 17.2 Å². The Balaban J connectivity index is 0.00000220. The van der Waals surface area contributed by atoms with Crippen molar-refractivity contribution < 1.29 is 18.3 Å². The Bertz CT molecular complexity index is 512. The van der Waals surface area contributed by atoms with Crippen molar-refractivity contribution in [3.63, 3.8) is 0 Å². The minimum absolute atomic E-state index is 0. The SMILES string of the molecule is C=CCOc1cccc(NC(=O)C2CC(F)(F)CN2)c1.Cl. The predicted octanol–water partition coefficient (Wildman–Crippen LogP) is 2.61. The van der Waals surface area contributed by atoms with Gasteiger partial charge in [-0.25, -0.2) is 8.78 Å². The van der Waals surface area contributed by atoms with Crippen LogP contribution in [0.3, 0.4) is 0 Å². The van der Waals surface area contributed by atoms with E-state index in [9.17, 15) is 13.6 Å². The van der Waals surface area contributed by atoms with E-state index < -0.39 is 30.8 Å². The molecule has 1 fully saturated rings. The Morgan fingerprint density at radius 1 is 1.57 bits per heavy atom. The van der Waals surface area contributed by atoms with Gasteiger partial charge in [0.25, 0.3) is 5.92 Å². The van der Waals surface area contributed by atoms with Gasteiger partial charge in [0.15, 0.2) is 0 Å². The molecule has 1 aliphatic rings. The molecule has 1 amide bonds. The third-order valence-corrected chi connectivity index (χ3v) is 2.90. The van der Waals surface area contributed by atoms with Crippen molar-refractivity contribution in [1.82, 2.24) is 5.32 Å². The normalized spacial score (nSPS) is 19.4. The molecule has 2 rings (SSSR count). The fraction of sp³-hybridized carbons (Fsp3) is 0.357. The Morgan fingerprint density at radius 2 is 2.33 bits per heavy atom. The maximum absolute atomic E-state index is 13.0. The maximum Gasteiger partial charge on any atom is 0.262 e. The fourth-order valence-electron chi connectivity index (χ4n) is 1.95. The smallest absolute Gasteiger partial charge is 0.262 e. The average Bonchev–Trinajstić information content (AvgIpc) is 2.77. The number of rotatable bonds is 5. The van der Waals surface area contributed by atoms with E-state index >= 15 is 0 Å². The van der Waals surface area contributed by atoms with Gasteiger partial charge in [0.2, 0.25) is 5.91 Å². The summed E-state index contributed by atoms with van der Waals surface area (Å²) in [6.45, 7) is 3.43. The van der Waals surface area contributed by atoms with Crippen LogP contribution in [0.4, 0.5) is 14.5 Å². The number of hydrogen-bond acceptors (Lipinski definition) is 3. The average molecular weight is 319 g/mol. The number of nitrogens with one attached hydrogen (secondary N) is 2. The highest BCUT2D eigenvalue weighted by molar-refractivity contribution is 5.95. The molecule has 0 aromatic heterocycles. The van der Waals surface area contributed by atoms with Gasteiger partial charge >= 0.3 is 0 Å². The molecule has 0 bridgehead atoms. The van der Waals surface area contributed by atoms with Crippen LogP contribution < -0.4 is 15.4 Å². The van der Waals surface area contributed by atoms with Gasteiger partial charge in [-0.05, 0) is 12.1 Å². The zero-order valence-corrected chi connectivity index (χ0v) is 12.1. The summed E-state index contributed by atoms with van der Waals surface area (Å²) < 4.78 is 31.4. The number of benzene rings is 1. The maximum atomic E-state index is 13.0. The summed E-state index contributed by atoms with van der Waals surface area (Å²) in [6.07, 6.45) is 1.13. The lowest BCUT2D eigenvalue weighted by Gasteiger charge is -2.12. The van der Waals surface area contributed by atoms with Crippen molar-refractivity contribution in [2.45, 2.75) is 18.4 Å². The van der Waals surface area contributed by atoms with Gasteiger partial charge in [-0.3, -0.25) is 10.1 Å². The molecule has 1 unspecified atom stereocenters. The van der Waals surface area contributed by atoms with Gasteiger partial charge in [0, 0.05) is 18.2 Å². The molecule has 1 saturated heterocycles. The standard InChI is InChI=1S/C14H16F2N2O2.ClH/c1-2-6-20-11-5-3-4-10(7-11)18-13(19)12-8-14(15,16)9-17-12;/h2-5,7,12,17H,1,6,8-9H2,(H,18,19);1H. The van der Waals surface area contributed by atoms with Crippen molar-refractivity contribution >= 4 is 24.0 Å². The molecule has 0 radical (unpaired) electrons. The molecule has 1 atom stereocenters. The van der Waals surface area contributed by atoms with Crippen molar-refractivity contribution in [3.05, 3.63) is 36.9 Å². The van der Waals surface area contributed by atoms with Crippen LogP contribution in [0, 0.1) is 0 Å². The first-order valence-corrected chi connectivity index (χ1v) is 6.26. The minimum atomic E-state index is -2.82. The summed E-state index contributed by atoms with van der Waals surface area (Å²) in [5.41, 5.74) is 0.508. The summed E-state index contributed by atoms with van der Waals surface area (Å²) in [5.74, 6) is -2.72. The predicted molar refractivity (Wildman–Crippen MR) is 79.4 cm³/mol. The second-order valence-corrected chi connectivity index (χ2v) is 4.61. The van der Waals surface area contributed by atoms with Crippen LogP contribution >= 0.6 is 12.4 Å². The molecule has 2 N–H and O–H groups in total. The highest BCUT2D eigenvalue weighted by Gasteiger charge is 2.42. The summed E-state index contributed by atoms with van der Waals surface area (Å²) >= 11 is 0. The van der Waals surface area contributed by atoms with E-state index in [0.29, 0.717) is 18.0 Å². The first kappa shape index (κ1) is 17.4. The zero-order chi connectivity index (χ0) is 14.6. The summed E-state index contributed by atoms with van der Waals surface area (Å²) in [5, 5.41) is 5.11. The van der Waals surface area contributed by atoms with Crippen molar-refractivity contribution in [1.29, 1.82) is 0 Å².